The Bertz CT molecular complexity index is 1040. The summed E-state index contributed by atoms with van der Waals surface area (Å²) in [5.41, 5.74) is 2.86. The van der Waals surface area contributed by atoms with Crippen molar-refractivity contribution in [2.45, 2.75) is 0 Å². The van der Waals surface area contributed by atoms with Gasteiger partial charge in [-0.3, -0.25) is 0 Å². The molecule has 3 heterocycles. The lowest BCUT2D eigenvalue weighted by molar-refractivity contribution is 0.122. The van der Waals surface area contributed by atoms with Crippen LogP contribution in [-0.2, 0) is 4.74 Å². The molecule has 1 saturated heterocycles. The number of benzene rings is 2. The molecule has 124 valence electrons. The Kier molecular flexibility index (Phi) is 3.61. The van der Waals surface area contributed by atoms with Crippen molar-refractivity contribution in [3.05, 3.63) is 53.9 Å². The van der Waals surface area contributed by atoms with Crippen molar-refractivity contribution in [1.82, 2.24) is 9.97 Å². The number of aromatic nitrogens is 2. The lowest BCUT2D eigenvalue weighted by Gasteiger charge is -2.29. The van der Waals surface area contributed by atoms with E-state index in [2.05, 4.69) is 58.8 Å². The number of anilines is 1. The van der Waals surface area contributed by atoms with Crippen LogP contribution in [0.1, 0.15) is 0 Å². The molecule has 0 radical (unpaired) electrons. The van der Waals surface area contributed by atoms with Crippen LogP contribution in [-0.4, -0.2) is 36.3 Å². The Morgan fingerprint density at radius 1 is 0.880 bits per heavy atom. The van der Waals surface area contributed by atoms with E-state index in [0.29, 0.717) is 0 Å². The van der Waals surface area contributed by atoms with Crippen LogP contribution in [0.5, 0.6) is 0 Å². The summed E-state index contributed by atoms with van der Waals surface area (Å²) in [4.78, 5) is 13.5. The molecule has 0 unspecified atom stereocenters. The molecule has 2 aromatic heterocycles. The SMILES string of the molecule is c1csc(-c2nc3cc4ccccc4cc3nc2N2CCOCC2)c1. The van der Waals surface area contributed by atoms with Gasteiger partial charge in [0.05, 0.1) is 29.1 Å². The van der Waals surface area contributed by atoms with Crippen molar-refractivity contribution in [2.75, 3.05) is 31.2 Å². The predicted octanol–water partition coefficient (Wildman–Crippen LogP) is 4.35. The Balaban J connectivity index is 1.76. The summed E-state index contributed by atoms with van der Waals surface area (Å²) in [7, 11) is 0. The Hall–Kier alpha value is -2.50. The van der Waals surface area contributed by atoms with E-state index in [4.69, 9.17) is 14.7 Å². The molecule has 0 N–H and O–H groups in total. The van der Waals surface area contributed by atoms with Crippen molar-refractivity contribution in [3.63, 3.8) is 0 Å². The lowest BCUT2D eigenvalue weighted by atomic mass is 10.1. The summed E-state index contributed by atoms with van der Waals surface area (Å²) in [6, 6.07) is 16.8. The average molecular weight is 347 g/mol. The van der Waals surface area contributed by atoms with Crippen LogP contribution >= 0.6 is 11.3 Å². The molecule has 5 rings (SSSR count). The maximum Gasteiger partial charge on any atom is 0.156 e. The number of thiophene rings is 1. The molecule has 2 aromatic carbocycles. The van der Waals surface area contributed by atoms with Gasteiger partial charge in [-0.2, -0.15) is 0 Å². The first-order chi connectivity index (χ1) is 12.4. The fraction of sp³-hybridized carbons (Fsp3) is 0.200. The third-order valence-corrected chi connectivity index (χ3v) is 5.46. The minimum atomic E-state index is 0.737. The molecule has 5 heteroatoms. The first-order valence-corrected chi connectivity index (χ1v) is 9.33. The summed E-state index contributed by atoms with van der Waals surface area (Å²) in [6.07, 6.45) is 0. The zero-order valence-electron chi connectivity index (χ0n) is 13.7. The van der Waals surface area contributed by atoms with Gasteiger partial charge in [0.25, 0.3) is 0 Å². The molecular weight excluding hydrogens is 330 g/mol. The largest absolute Gasteiger partial charge is 0.378 e. The van der Waals surface area contributed by atoms with Crippen LogP contribution in [0.2, 0.25) is 0 Å². The first-order valence-electron chi connectivity index (χ1n) is 8.46. The minimum Gasteiger partial charge on any atom is -0.378 e. The normalized spacial score (nSPS) is 15.1. The molecule has 0 saturated carbocycles. The van der Waals surface area contributed by atoms with Crippen LogP contribution in [0.3, 0.4) is 0 Å². The highest BCUT2D eigenvalue weighted by atomic mass is 32.1. The highest BCUT2D eigenvalue weighted by Crippen LogP contribution is 2.34. The Morgan fingerprint density at radius 2 is 1.60 bits per heavy atom. The fourth-order valence-corrected chi connectivity index (χ4v) is 4.02. The van der Waals surface area contributed by atoms with E-state index in [0.717, 1.165) is 53.7 Å². The minimum absolute atomic E-state index is 0.737. The van der Waals surface area contributed by atoms with Gasteiger partial charge in [-0.15, -0.1) is 11.3 Å². The maximum atomic E-state index is 5.51. The van der Waals surface area contributed by atoms with Crippen molar-refractivity contribution in [2.24, 2.45) is 0 Å². The molecule has 0 aliphatic carbocycles. The van der Waals surface area contributed by atoms with Gasteiger partial charge in [0.15, 0.2) is 5.82 Å². The predicted molar refractivity (Wildman–Crippen MR) is 103 cm³/mol. The highest BCUT2D eigenvalue weighted by molar-refractivity contribution is 7.13. The van der Waals surface area contributed by atoms with Gasteiger partial charge in [0.1, 0.15) is 5.69 Å². The van der Waals surface area contributed by atoms with Crippen LogP contribution in [0, 0.1) is 0 Å². The van der Waals surface area contributed by atoms with Crippen molar-refractivity contribution < 1.29 is 4.74 Å². The van der Waals surface area contributed by atoms with E-state index in [9.17, 15) is 0 Å². The van der Waals surface area contributed by atoms with Crippen LogP contribution in [0.25, 0.3) is 32.4 Å². The Labute approximate surface area is 149 Å². The summed E-state index contributed by atoms with van der Waals surface area (Å²) < 4.78 is 5.51. The van der Waals surface area contributed by atoms with Gasteiger partial charge in [-0.05, 0) is 34.4 Å². The number of morpholine rings is 1. The smallest absolute Gasteiger partial charge is 0.156 e. The third-order valence-electron chi connectivity index (χ3n) is 4.58. The van der Waals surface area contributed by atoms with Gasteiger partial charge < -0.3 is 9.64 Å². The van der Waals surface area contributed by atoms with Gasteiger partial charge in [0, 0.05) is 13.1 Å². The van der Waals surface area contributed by atoms with E-state index >= 15 is 0 Å². The van der Waals surface area contributed by atoms with Crippen LogP contribution in [0.15, 0.2) is 53.9 Å². The van der Waals surface area contributed by atoms with E-state index < -0.39 is 0 Å². The maximum absolute atomic E-state index is 5.51. The van der Waals surface area contributed by atoms with E-state index in [1.807, 2.05) is 0 Å². The number of nitrogens with zero attached hydrogens (tertiary/aromatic N) is 3. The monoisotopic (exact) mass is 347 g/mol. The first kappa shape index (κ1) is 14.8. The second kappa shape index (κ2) is 6.10. The second-order valence-corrected chi connectivity index (χ2v) is 7.11. The Morgan fingerprint density at radius 3 is 2.28 bits per heavy atom. The summed E-state index contributed by atoms with van der Waals surface area (Å²) in [5.74, 6) is 0.966. The third kappa shape index (κ3) is 2.65. The van der Waals surface area contributed by atoms with E-state index in [1.54, 1.807) is 11.3 Å². The molecule has 1 fully saturated rings. The molecule has 4 aromatic rings. The van der Waals surface area contributed by atoms with Gasteiger partial charge in [-0.1, -0.05) is 30.3 Å². The summed E-state index contributed by atoms with van der Waals surface area (Å²) >= 11 is 1.71. The number of hydrogen-bond acceptors (Lipinski definition) is 5. The molecule has 1 aliphatic heterocycles. The number of rotatable bonds is 2. The van der Waals surface area contributed by atoms with Crippen molar-refractivity contribution >= 4 is 39.0 Å². The molecule has 25 heavy (non-hydrogen) atoms. The average Bonchev–Trinajstić information content (AvgIpc) is 3.20. The second-order valence-electron chi connectivity index (χ2n) is 6.16. The van der Waals surface area contributed by atoms with Crippen molar-refractivity contribution in [1.29, 1.82) is 0 Å². The van der Waals surface area contributed by atoms with Gasteiger partial charge in [-0.25, -0.2) is 9.97 Å². The van der Waals surface area contributed by atoms with Crippen molar-refractivity contribution in [3.8, 4) is 10.6 Å². The molecule has 1 aliphatic rings. The number of fused-ring (bicyclic) bond motifs is 2. The van der Waals surface area contributed by atoms with E-state index in [1.165, 1.54) is 10.8 Å². The quantitative estimate of drug-likeness (QED) is 0.505. The van der Waals surface area contributed by atoms with Crippen LogP contribution < -0.4 is 4.90 Å². The van der Waals surface area contributed by atoms with Crippen LogP contribution in [0.4, 0.5) is 5.82 Å². The summed E-state index contributed by atoms with van der Waals surface area (Å²) in [6.45, 7) is 3.18. The molecule has 0 bridgehead atoms. The zero-order chi connectivity index (χ0) is 16.6. The van der Waals surface area contributed by atoms with Gasteiger partial charge in [0.2, 0.25) is 0 Å². The highest BCUT2D eigenvalue weighted by Gasteiger charge is 2.20. The zero-order valence-corrected chi connectivity index (χ0v) is 14.5. The molecule has 0 amide bonds. The fourth-order valence-electron chi connectivity index (χ4n) is 3.31. The number of hydrogen-bond donors (Lipinski definition) is 0. The molecule has 0 spiro atoms. The topological polar surface area (TPSA) is 38.2 Å². The molecular formula is C20H17N3OS. The van der Waals surface area contributed by atoms with E-state index in [-0.39, 0.29) is 0 Å². The number of ether oxygens (including phenoxy) is 1. The molecule has 0 atom stereocenters. The standard InChI is InChI=1S/C20H17N3OS/c1-2-5-15-13-17-16(12-14(15)4-1)21-19(18-6-3-11-25-18)20(22-17)23-7-9-24-10-8-23/h1-6,11-13H,7-10H2. The lowest BCUT2D eigenvalue weighted by Crippen LogP contribution is -2.37. The molecule has 4 nitrogen and oxygen atoms in total. The van der Waals surface area contributed by atoms with Gasteiger partial charge >= 0.3 is 0 Å². The summed E-state index contributed by atoms with van der Waals surface area (Å²) in [5, 5.41) is 4.48.